The van der Waals surface area contributed by atoms with Crippen LogP contribution in [0.4, 0.5) is 8.78 Å². The van der Waals surface area contributed by atoms with Gasteiger partial charge in [0.25, 0.3) is 0 Å². The fourth-order valence-electron chi connectivity index (χ4n) is 4.34. The number of halogens is 2. The van der Waals surface area contributed by atoms with E-state index < -0.39 is 23.5 Å². The zero-order chi connectivity index (χ0) is 19.8. The Morgan fingerprint density at radius 2 is 1.71 bits per heavy atom. The molecule has 1 fully saturated rings. The molecule has 0 radical (unpaired) electrons. The van der Waals surface area contributed by atoms with Gasteiger partial charge in [0.2, 0.25) is 5.88 Å². The molecule has 1 heterocycles. The molecule has 0 aliphatic heterocycles. The monoisotopic (exact) mass is 385 g/mol. The normalized spacial score (nSPS) is 15.9. The quantitative estimate of drug-likeness (QED) is 0.647. The predicted molar refractivity (Wildman–Crippen MR) is 101 cm³/mol. The minimum Gasteiger partial charge on any atom is -0.494 e. The number of nitrogens with zero attached hydrogens (tertiary/aromatic N) is 1. The van der Waals surface area contributed by atoms with Gasteiger partial charge in [-0.2, -0.15) is 0 Å². The number of aromatic hydroxyl groups is 1. The van der Waals surface area contributed by atoms with Crippen LogP contribution in [0.5, 0.6) is 5.88 Å². The molecule has 1 saturated carbocycles. The fraction of sp³-hybridized carbons (Fsp3) is 0.318. The van der Waals surface area contributed by atoms with Crippen LogP contribution in [-0.4, -0.2) is 20.7 Å². The summed E-state index contributed by atoms with van der Waals surface area (Å²) in [5.41, 5.74) is 1.57. The van der Waals surface area contributed by atoms with E-state index in [2.05, 4.69) is 0 Å². The number of carboxylic acids is 1. The Labute approximate surface area is 161 Å². The third-order valence-electron chi connectivity index (χ3n) is 5.75. The van der Waals surface area contributed by atoms with E-state index in [0.29, 0.717) is 0 Å². The highest BCUT2D eigenvalue weighted by atomic mass is 19.1. The Morgan fingerprint density at radius 1 is 1.07 bits per heavy atom. The molecule has 146 valence electrons. The van der Waals surface area contributed by atoms with Gasteiger partial charge in [0.1, 0.15) is 11.6 Å². The van der Waals surface area contributed by atoms with Crippen LogP contribution in [0.25, 0.3) is 10.8 Å². The van der Waals surface area contributed by atoms with E-state index >= 15 is 0 Å². The molecule has 6 heteroatoms. The number of fused-ring (bicyclic) bond motifs is 1. The number of rotatable bonds is 5. The summed E-state index contributed by atoms with van der Waals surface area (Å²) in [6.45, 7) is 0.223. The first-order valence-corrected chi connectivity index (χ1v) is 9.43. The highest BCUT2D eigenvalue weighted by molar-refractivity contribution is 5.89. The molecule has 1 aliphatic rings. The lowest BCUT2D eigenvalue weighted by molar-refractivity contribution is -0.140. The Bertz CT molecular complexity index is 1020. The molecule has 1 atom stereocenters. The summed E-state index contributed by atoms with van der Waals surface area (Å²) in [5, 5.41) is 19.8. The van der Waals surface area contributed by atoms with Gasteiger partial charge in [-0.1, -0.05) is 37.1 Å². The van der Waals surface area contributed by atoms with Crippen LogP contribution in [-0.2, 0) is 11.3 Å². The van der Waals surface area contributed by atoms with Gasteiger partial charge in [-0.25, -0.2) is 8.78 Å². The van der Waals surface area contributed by atoms with Crippen molar-refractivity contribution in [2.24, 2.45) is 5.92 Å². The summed E-state index contributed by atoms with van der Waals surface area (Å²) in [5.74, 6) is -2.76. The second-order valence-corrected chi connectivity index (χ2v) is 7.50. The lowest BCUT2D eigenvalue weighted by Gasteiger charge is -2.20. The minimum atomic E-state index is -0.806. The molecule has 1 unspecified atom stereocenters. The number of benzene rings is 2. The van der Waals surface area contributed by atoms with Crippen molar-refractivity contribution in [2.75, 3.05) is 0 Å². The van der Waals surface area contributed by atoms with Crippen LogP contribution < -0.4 is 0 Å². The lowest BCUT2D eigenvalue weighted by atomic mass is 9.84. The molecule has 0 bridgehead atoms. The standard InChI is InChI=1S/C22H21F2NO3/c23-17-9-10-18(24)20-16(17)12-25(21(20)26)11-13-5-7-15(8-6-13)19(22(27)28)14-3-1-2-4-14/h5-10,12,14,19,26H,1-4,11H2,(H,27,28). The average Bonchev–Trinajstić information content (AvgIpc) is 3.29. The Hall–Kier alpha value is -2.89. The van der Waals surface area contributed by atoms with E-state index in [1.807, 2.05) is 0 Å². The van der Waals surface area contributed by atoms with Crippen LogP contribution in [0.2, 0.25) is 0 Å². The van der Waals surface area contributed by atoms with Gasteiger partial charge >= 0.3 is 5.97 Å². The van der Waals surface area contributed by atoms with Crippen LogP contribution in [0, 0.1) is 17.6 Å². The maximum atomic E-state index is 13.9. The summed E-state index contributed by atoms with van der Waals surface area (Å²) < 4.78 is 29.3. The van der Waals surface area contributed by atoms with Crippen LogP contribution in [0.15, 0.2) is 42.6 Å². The number of carbonyl (C=O) groups is 1. The van der Waals surface area contributed by atoms with E-state index in [9.17, 15) is 23.8 Å². The number of hydrogen-bond acceptors (Lipinski definition) is 2. The molecule has 1 aliphatic carbocycles. The molecule has 2 aromatic carbocycles. The van der Waals surface area contributed by atoms with Gasteiger partial charge in [0.05, 0.1) is 17.8 Å². The SMILES string of the molecule is O=C(O)C(c1ccc(Cn2cc3c(F)ccc(F)c3c2O)cc1)C1CCCC1. The topological polar surface area (TPSA) is 62.5 Å². The van der Waals surface area contributed by atoms with Crippen molar-refractivity contribution in [3.05, 3.63) is 65.4 Å². The van der Waals surface area contributed by atoms with E-state index in [0.717, 1.165) is 48.9 Å². The smallest absolute Gasteiger partial charge is 0.311 e. The molecule has 3 aromatic rings. The molecule has 0 spiro atoms. The summed E-state index contributed by atoms with van der Waals surface area (Å²) in [6.07, 6.45) is 5.38. The Morgan fingerprint density at radius 3 is 2.32 bits per heavy atom. The highest BCUT2D eigenvalue weighted by Gasteiger charge is 2.31. The Balaban J connectivity index is 1.61. The van der Waals surface area contributed by atoms with E-state index in [1.165, 1.54) is 10.8 Å². The minimum absolute atomic E-state index is 0.0290. The second kappa shape index (κ2) is 7.26. The summed E-state index contributed by atoms with van der Waals surface area (Å²) in [4.78, 5) is 11.8. The Kier molecular flexibility index (Phi) is 4.79. The van der Waals surface area contributed by atoms with Gasteiger partial charge < -0.3 is 14.8 Å². The van der Waals surface area contributed by atoms with E-state index in [4.69, 9.17) is 0 Å². The van der Waals surface area contributed by atoms with Gasteiger partial charge in [0.15, 0.2) is 0 Å². The number of aliphatic carboxylic acids is 1. The van der Waals surface area contributed by atoms with Crippen LogP contribution >= 0.6 is 0 Å². The predicted octanol–water partition coefficient (Wildman–Crippen LogP) is 5.03. The van der Waals surface area contributed by atoms with E-state index in [-0.39, 0.29) is 29.1 Å². The lowest BCUT2D eigenvalue weighted by Crippen LogP contribution is -2.19. The van der Waals surface area contributed by atoms with Crippen LogP contribution in [0.1, 0.15) is 42.7 Å². The largest absolute Gasteiger partial charge is 0.494 e. The molecule has 2 N–H and O–H groups in total. The average molecular weight is 385 g/mol. The summed E-state index contributed by atoms with van der Waals surface area (Å²) in [7, 11) is 0. The zero-order valence-corrected chi connectivity index (χ0v) is 15.2. The molecular weight excluding hydrogens is 364 g/mol. The van der Waals surface area contributed by atoms with Crippen molar-refractivity contribution in [3.63, 3.8) is 0 Å². The van der Waals surface area contributed by atoms with E-state index in [1.54, 1.807) is 24.3 Å². The maximum absolute atomic E-state index is 13.9. The van der Waals surface area contributed by atoms with Crippen molar-refractivity contribution in [3.8, 4) is 5.88 Å². The van der Waals surface area contributed by atoms with Crippen molar-refractivity contribution in [2.45, 2.75) is 38.1 Å². The third-order valence-corrected chi connectivity index (χ3v) is 5.75. The maximum Gasteiger partial charge on any atom is 0.311 e. The summed E-state index contributed by atoms with van der Waals surface area (Å²) >= 11 is 0. The van der Waals surface area contributed by atoms with Crippen LogP contribution in [0.3, 0.4) is 0 Å². The van der Waals surface area contributed by atoms with Crippen molar-refractivity contribution < 1.29 is 23.8 Å². The van der Waals surface area contributed by atoms with Crippen molar-refractivity contribution in [1.82, 2.24) is 4.57 Å². The fourth-order valence-corrected chi connectivity index (χ4v) is 4.34. The molecule has 1 aromatic heterocycles. The van der Waals surface area contributed by atoms with Gasteiger partial charge in [-0.15, -0.1) is 0 Å². The molecule has 4 rings (SSSR count). The first kappa shape index (κ1) is 18.5. The van der Waals surface area contributed by atoms with Crippen molar-refractivity contribution >= 4 is 16.7 Å². The molecule has 4 nitrogen and oxygen atoms in total. The number of carboxylic acid groups (broad SMARTS) is 1. The molecule has 0 amide bonds. The van der Waals surface area contributed by atoms with Crippen molar-refractivity contribution in [1.29, 1.82) is 0 Å². The molecular formula is C22H21F2NO3. The zero-order valence-electron chi connectivity index (χ0n) is 15.2. The summed E-state index contributed by atoms with van der Waals surface area (Å²) in [6, 6.07) is 9.23. The molecule has 28 heavy (non-hydrogen) atoms. The number of hydrogen-bond donors (Lipinski definition) is 2. The van der Waals surface area contributed by atoms with Gasteiger partial charge in [0, 0.05) is 11.6 Å². The first-order valence-electron chi connectivity index (χ1n) is 9.43. The molecule has 0 saturated heterocycles. The third kappa shape index (κ3) is 3.23. The van der Waals surface area contributed by atoms with Gasteiger partial charge in [-0.3, -0.25) is 4.79 Å². The highest BCUT2D eigenvalue weighted by Crippen LogP contribution is 2.38. The number of aromatic nitrogens is 1. The van der Waals surface area contributed by atoms with Gasteiger partial charge in [-0.05, 0) is 42.0 Å². The first-order chi connectivity index (χ1) is 13.5. The second-order valence-electron chi connectivity index (χ2n) is 7.50.